The monoisotopic (exact) mass is 268 g/mol. The summed E-state index contributed by atoms with van der Waals surface area (Å²) in [4.78, 5) is 22.0. The first kappa shape index (κ1) is 13.2. The van der Waals surface area contributed by atoms with Gasteiger partial charge in [-0.05, 0) is 18.2 Å². The van der Waals surface area contributed by atoms with Gasteiger partial charge in [0, 0.05) is 12.1 Å². The molecule has 0 unspecified atom stereocenters. The van der Waals surface area contributed by atoms with E-state index in [0.717, 1.165) is 6.07 Å². The molecule has 6 nitrogen and oxygen atoms in total. The lowest BCUT2D eigenvalue weighted by molar-refractivity contribution is -0.384. The van der Waals surface area contributed by atoms with Crippen LogP contribution in [0.2, 0.25) is 0 Å². The number of carbonyl (C=O) groups excluding carboxylic acids is 1. The average Bonchev–Trinajstić information content (AvgIpc) is 2.48. The van der Waals surface area contributed by atoms with Crippen molar-refractivity contribution in [1.29, 1.82) is 5.26 Å². The normalized spacial score (nSPS) is 9.55. The minimum absolute atomic E-state index is 0.0481. The Kier molecular flexibility index (Phi) is 3.72. The summed E-state index contributed by atoms with van der Waals surface area (Å²) in [5.74, 6) is -0.636. The number of para-hydroxylation sites is 1. The average molecular weight is 268 g/mol. The number of nitrogens with zero attached hydrogens (tertiary/aromatic N) is 2. The van der Waals surface area contributed by atoms with Crippen molar-refractivity contribution in [2.45, 2.75) is 0 Å². The highest BCUT2D eigenvalue weighted by atomic mass is 16.6. The van der Waals surface area contributed by atoms with Crippen LogP contribution in [0.1, 0.15) is 15.9 Å². The maximum absolute atomic E-state index is 11.9. The van der Waals surface area contributed by atoms with E-state index in [1.165, 1.54) is 30.3 Å². The number of ether oxygens (including phenoxy) is 1. The Morgan fingerprint density at radius 1 is 1.20 bits per heavy atom. The van der Waals surface area contributed by atoms with Gasteiger partial charge in [-0.15, -0.1) is 0 Å². The molecule has 0 atom stereocenters. The van der Waals surface area contributed by atoms with Gasteiger partial charge in [0.05, 0.1) is 16.1 Å². The zero-order valence-corrected chi connectivity index (χ0v) is 10.1. The van der Waals surface area contributed by atoms with E-state index in [4.69, 9.17) is 10.00 Å². The maximum Gasteiger partial charge on any atom is 0.343 e. The summed E-state index contributed by atoms with van der Waals surface area (Å²) in [6.45, 7) is 0. The van der Waals surface area contributed by atoms with Gasteiger partial charge in [-0.3, -0.25) is 10.1 Å². The Morgan fingerprint density at radius 2 is 1.95 bits per heavy atom. The number of benzene rings is 2. The molecule has 0 aliphatic heterocycles. The molecule has 0 N–H and O–H groups in total. The summed E-state index contributed by atoms with van der Waals surface area (Å²) in [6, 6.07) is 13.4. The van der Waals surface area contributed by atoms with Gasteiger partial charge >= 0.3 is 5.97 Å². The molecule has 0 amide bonds. The predicted molar refractivity (Wildman–Crippen MR) is 69.2 cm³/mol. The van der Waals surface area contributed by atoms with Crippen molar-refractivity contribution in [2.24, 2.45) is 0 Å². The van der Waals surface area contributed by atoms with Crippen LogP contribution in [0, 0.1) is 21.4 Å². The van der Waals surface area contributed by atoms with Crippen LogP contribution in [-0.2, 0) is 0 Å². The molecule has 6 heteroatoms. The van der Waals surface area contributed by atoms with Gasteiger partial charge in [0.1, 0.15) is 11.8 Å². The number of nitriles is 1. The zero-order valence-electron chi connectivity index (χ0n) is 10.1. The number of non-ortho nitro benzene ring substituents is 1. The number of carbonyl (C=O) groups is 1. The molecular weight excluding hydrogens is 260 g/mol. The van der Waals surface area contributed by atoms with E-state index in [9.17, 15) is 14.9 Å². The van der Waals surface area contributed by atoms with Crippen molar-refractivity contribution in [3.63, 3.8) is 0 Å². The van der Waals surface area contributed by atoms with Crippen molar-refractivity contribution >= 4 is 11.7 Å². The van der Waals surface area contributed by atoms with Crippen molar-refractivity contribution in [3.8, 4) is 11.8 Å². The van der Waals surface area contributed by atoms with Crippen molar-refractivity contribution in [2.75, 3.05) is 0 Å². The second-order valence-corrected chi connectivity index (χ2v) is 3.80. The molecule has 2 aromatic rings. The largest absolute Gasteiger partial charge is 0.422 e. The molecule has 0 saturated heterocycles. The Bertz CT molecular complexity index is 719. The van der Waals surface area contributed by atoms with Gasteiger partial charge in [0.2, 0.25) is 0 Å². The molecule has 20 heavy (non-hydrogen) atoms. The van der Waals surface area contributed by atoms with Crippen LogP contribution in [0.4, 0.5) is 5.69 Å². The summed E-state index contributed by atoms with van der Waals surface area (Å²) in [5, 5.41) is 19.5. The molecule has 98 valence electrons. The third kappa shape index (κ3) is 2.79. The van der Waals surface area contributed by atoms with E-state index in [1.54, 1.807) is 12.1 Å². The fourth-order valence-corrected chi connectivity index (χ4v) is 1.55. The van der Waals surface area contributed by atoms with Crippen LogP contribution < -0.4 is 4.74 Å². The third-order valence-electron chi connectivity index (χ3n) is 2.50. The van der Waals surface area contributed by atoms with E-state index in [-0.39, 0.29) is 22.6 Å². The molecule has 2 rings (SSSR count). The molecule has 0 spiro atoms. The quantitative estimate of drug-likeness (QED) is 0.369. The second kappa shape index (κ2) is 5.63. The van der Waals surface area contributed by atoms with Crippen molar-refractivity contribution < 1.29 is 14.5 Å². The highest BCUT2D eigenvalue weighted by Gasteiger charge is 2.14. The minimum Gasteiger partial charge on any atom is -0.422 e. The minimum atomic E-state index is -0.753. The summed E-state index contributed by atoms with van der Waals surface area (Å²) in [7, 11) is 0. The van der Waals surface area contributed by atoms with Gasteiger partial charge < -0.3 is 4.74 Å². The van der Waals surface area contributed by atoms with Gasteiger partial charge in [0.25, 0.3) is 5.69 Å². The lowest BCUT2D eigenvalue weighted by Gasteiger charge is -2.05. The number of nitro groups is 1. The molecule has 0 fully saturated rings. The van der Waals surface area contributed by atoms with Crippen LogP contribution >= 0.6 is 0 Å². The van der Waals surface area contributed by atoms with Crippen LogP contribution in [0.15, 0.2) is 48.5 Å². The molecule has 0 aliphatic rings. The van der Waals surface area contributed by atoms with E-state index >= 15 is 0 Å². The van der Waals surface area contributed by atoms with Crippen LogP contribution in [-0.4, -0.2) is 10.9 Å². The molecule has 0 heterocycles. The Hall–Kier alpha value is -3.20. The highest BCUT2D eigenvalue weighted by molar-refractivity contribution is 5.92. The zero-order chi connectivity index (χ0) is 14.5. The van der Waals surface area contributed by atoms with Crippen LogP contribution in [0.5, 0.6) is 5.75 Å². The van der Waals surface area contributed by atoms with E-state index in [0.29, 0.717) is 0 Å². The topological polar surface area (TPSA) is 93.2 Å². The number of esters is 1. The van der Waals surface area contributed by atoms with E-state index in [1.807, 2.05) is 6.07 Å². The number of hydrogen-bond acceptors (Lipinski definition) is 5. The predicted octanol–water partition coefficient (Wildman–Crippen LogP) is 2.69. The lowest BCUT2D eigenvalue weighted by atomic mass is 10.2. The number of hydrogen-bond donors (Lipinski definition) is 0. The van der Waals surface area contributed by atoms with Crippen molar-refractivity contribution in [3.05, 3.63) is 69.8 Å². The number of nitro benzene ring substituents is 1. The molecular formula is C14H8N2O4. The Morgan fingerprint density at radius 3 is 2.65 bits per heavy atom. The van der Waals surface area contributed by atoms with Gasteiger partial charge in [0.15, 0.2) is 0 Å². The molecule has 0 bridgehead atoms. The van der Waals surface area contributed by atoms with Gasteiger partial charge in [-0.2, -0.15) is 5.26 Å². The summed E-state index contributed by atoms with van der Waals surface area (Å²) in [5.41, 5.74) is 0.0613. The fourth-order valence-electron chi connectivity index (χ4n) is 1.55. The highest BCUT2D eigenvalue weighted by Crippen LogP contribution is 2.19. The van der Waals surface area contributed by atoms with E-state index < -0.39 is 10.9 Å². The maximum atomic E-state index is 11.9. The Balaban J connectivity index is 2.27. The van der Waals surface area contributed by atoms with Gasteiger partial charge in [-0.25, -0.2) is 4.79 Å². The summed E-state index contributed by atoms with van der Waals surface area (Å²) < 4.78 is 5.07. The molecule has 0 saturated carbocycles. The number of rotatable bonds is 3. The first-order valence-corrected chi connectivity index (χ1v) is 5.57. The molecule has 0 aliphatic carbocycles. The first-order valence-electron chi connectivity index (χ1n) is 5.57. The second-order valence-electron chi connectivity index (χ2n) is 3.80. The first-order chi connectivity index (χ1) is 9.61. The molecule has 0 radical (unpaired) electrons. The molecule has 2 aromatic carbocycles. The fraction of sp³-hybridized carbons (Fsp3) is 0. The van der Waals surface area contributed by atoms with Crippen molar-refractivity contribution in [1.82, 2.24) is 0 Å². The third-order valence-corrected chi connectivity index (χ3v) is 2.50. The smallest absolute Gasteiger partial charge is 0.343 e. The SMILES string of the molecule is N#Cc1ccccc1OC(=O)c1cccc([N+](=O)[O-])c1. The van der Waals surface area contributed by atoms with Crippen LogP contribution in [0.3, 0.4) is 0 Å². The Labute approximate surface area is 114 Å². The van der Waals surface area contributed by atoms with Gasteiger partial charge in [-0.1, -0.05) is 18.2 Å². The van der Waals surface area contributed by atoms with E-state index in [2.05, 4.69) is 0 Å². The van der Waals surface area contributed by atoms with Crippen LogP contribution in [0.25, 0.3) is 0 Å². The standard InChI is InChI=1S/C14H8N2O4/c15-9-11-4-1-2-7-13(11)20-14(17)10-5-3-6-12(8-10)16(18)19/h1-8H. The lowest BCUT2D eigenvalue weighted by Crippen LogP contribution is -2.09. The summed E-state index contributed by atoms with van der Waals surface area (Å²) >= 11 is 0. The molecule has 0 aromatic heterocycles. The summed E-state index contributed by atoms with van der Waals surface area (Å²) in [6.07, 6.45) is 0.